The third-order valence-electron chi connectivity index (χ3n) is 3.36. The van der Waals surface area contributed by atoms with Crippen molar-refractivity contribution in [3.05, 3.63) is 36.5 Å². The molecule has 0 radical (unpaired) electrons. The minimum Gasteiger partial charge on any atom is -0.479 e. The van der Waals surface area contributed by atoms with Crippen LogP contribution in [0.5, 0.6) is 5.75 Å². The predicted octanol–water partition coefficient (Wildman–Crippen LogP) is 3.31. The first-order valence-electron chi connectivity index (χ1n) is 7.42. The lowest BCUT2D eigenvalue weighted by atomic mass is 10.2. The Morgan fingerprint density at radius 3 is 2.86 bits per heavy atom. The molecule has 1 N–H and O–H groups in total. The first-order chi connectivity index (χ1) is 10.1. The van der Waals surface area contributed by atoms with Gasteiger partial charge in [-0.25, -0.2) is 0 Å². The Morgan fingerprint density at radius 1 is 1.33 bits per heavy atom. The molecule has 1 amide bonds. The summed E-state index contributed by atoms with van der Waals surface area (Å²) < 4.78 is 5.69. The van der Waals surface area contributed by atoms with Gasteiger partial charge in [-0.3, -0.25) is 9.78 Å². The first kappa shape index (κ1) is 15.3. The SMILES string of the molecule is CCCC(C)NC(=O)C(C)Oc1cnc2ccccc2c1. The number of nitrogens with one attached hydrogen (secondary N) is 1. The quantitative estimate of drug-likeness (QED) is 0.886. The zero-order chi connectivity index (χ0) is 15.2. The van der Waals surface area contributed by atoms with Crippen molar-refractivity contribution < 1.29 is 9.53 Å². The Labute approximate surface area is 125 Å². The highest BCUT2D eigenvalue weighted by molar-refractivity contribution is 5.82. The summed E-state index contributed by atoms with van der Waals surface area (Å²) in [6.45, 7) is 5.86. The predicted molar refractivity (Wildman–Crippen MR) is 84.3 cm³/mol. The zero-order valence-corrected chi connectivity index (χ0v) is 12.8. The molecule has 0 fully saturated rings. The van der Waals surface area contributed by atoms with Gasteiger partial charge in [-0.05, 0) is 32.4 Å². The highest BCUT2D eigenvalue weighted by Gasteiger charge is 2.16. The normalized spacial score (nSPS) is 13.7. The smallest absolute Gasteiger partial charge is 0.260 e. The molecule has 21 heavy (non-hydrogen) atoms. The van der Waals surface area contributed by atoms with Crippen LogP contribution in [0.15, 0.2) is 36.5 Å². The average Bonchev–Trinajstić information content (AvgIpc) is 2.47. The Kier molecular flexibility index (Phi) is 5.14. The fourth-order valence-corrected chi connectivity index (χ4v) is 2.24. The highest BCUT2D eigenvalue weighted by Crippen LogP contribution is 2.18. The van der Waals surface area contributed by atoms with Gasteiger partial charge in [-0.2, -0.15) is 0 Å². The van der Waals surface area contributed by atoms with Crippen molar-refractivity contribution in [2.75, 3.05) is 0 Å². The van der Waals surface area contributed by atoms with Crippen molar-refractivity contribution in [2.24, 2.45) is 0 Å². The maximum Gasteiger partial charge on any atom is 0.260 e. The molecular weight excluding hydrogens is 264 g/mol. The summed E-state index contributed by atoms with van der Waals surface area (Å²) in [5.74, 6) is 0.517. The standard InChI is InChI=1S/C17H22N2O2/c1-4-7-12(2)19-17(20)13(3)21-15-10-14-8-5-6-9-16(14)18-11-15/h5-6,8-13H,4,7H2,1-3H3,(H,19,20). The molecule has 0 aliphatic rings. The number of amides is 1. The molecule has 0 spiro atoms. The van der Waals surface area contributed by atoms with E-state index in [-0.39, 0.29) is 11.9 Å². The van der Waals surface area contributed by atoms with E-state index in [1.807, 2.05) is 37.3 Å². The second-order valence-electron chi connectivity index (χ2n) is 5.32. The minimum atomic E-state index is -0.535. The van der Waals surface area contributed by atoms with E-state index in [0.29, 0.717) is 5.75 Å². The van der Waals surface area contributed by atoms with Gasteiger partial charge >= 0.3 is 0 Å². The Morgan fingerprint density at radius 2 is 2.10 bits per heavy atom. The summed E-state index contributed by atoms with van der Waals surface area (Å²) in [7, 11) is 0. The van der Waals surface area contributed by atoms with Crippen LogP contribution in [-0.4, -0.2) is 23.0 Å². The molecule has 0 saturated heterocycles. The van der Waals surface area contributed by atoms with Crippen molar-refractivity contribution in [2.45, 2.75) is 45.8 Å². The van der Waals surface area contributed by atoms with Crippen molar-refractivity contribution in [3.8, 4) is 5.75 Å². The lowest BCUT2D eigenvalue weighted by molar-refractivity contribution is -0.127. The monoisotopic (exact) mass is 286 g/mol. The molecule has 2 aromatic rings. The number of hydrogen-bond acceptors (Lipinski definition) is 3. The number of ether oxygens (including phenoxy) is 1. The maximum absolute atomic E-state index is 12.0. The second-order valence-corrected chi connectivity index (χ2v) is 5.32. The van der Waals surface area contributed by atoms with Crippen molar-refractivity contribution in [3.63, 3.8) is 0 Å². The van der Waals surface area contributed by atoms with E-state index in [4.69, 9.17) is 4.74 Å². The van der Waals surface area contributed by atoms with E-state index in [9.17, 15) is 4.79 Å². The lowest BCUT2D eigenvalue weighted by Crippen LogP contribution is -2.41. The highest BCUT2D eigenvalue weighted by atomic mass is 16.5. The summed E-state index contributed by atoms with van der Waals surface area (Å²) in [6.07, 6.45) is 3.13. The van der Waals surface area contributed by atoms with E-state index in [0.717, 1.165) is 23.7 Å². The van der Waals surface area contributed by atoms with Crippen LogP contribution in [0.3, 0.4) is 0 Å². The molecule has 112 valence electrons. The van der Waals surface area contributed by atoms with Gasteiger partial charge in [-0.1, -0.05) is 31.5 Å². The molecule has 4 heteroatoms. The fraction of sp³-hybridized carbons (Fsp3) is 0.412. The first-order valence-corrected chi connectivity index (χ1v) is 7.42. The number of pyridine rings is 1. The molecule has 2 unspecified atom stereocenters. The lowest BCUT2D eigenvalue weighted by Gasteiger charge is -2.18. The third kappa shape index (κ3) is 4.18. The maximum atomic E-state index is 12.0. The Bertz CT molecular complexity index is 613. The molecule has 2 atom stereocenters. The molecular formula is C17H22N2O2. The van der Waals surface area contributed by atoms with Crippen LogP contribution in [0.2, 0.25) is 0 Å². The van der Waals surface area contributed by atoms with Gasteiger partial charge in [0.2, 0.25) is 0 Å². The van der Waals surface area contributed by atoms with Gasteiger partial charge in [0.15, 0.2) is 6.10 Å². The van der Waals surface area contributed by atoms with Gasteiger partial charge in [0.1, 0.15) is 5.75 Å². The molecule has 0 aliphatic heterocycles. The number of fused-ring (bicyclic) bond motifs is 1. The number of rotatable bonds is 6. The number of nitrogens with zero attached hydrogens (tertiary/aromatic N) is 1. The molecule has 1 aromatic carbocycles. The van der Waals surface area contributed by atoms with Crippen LogP contribution in [-0.2, 0) is 4.79 Å². The van der Waals surface area contributed by atoms with Crippen LogP contribution in [0.1, 0.15) is 33.6 Å². The van der Waals surface area contributed by atoms with Crippen LogP contribution >= 0.6 is 0 Å². The summed E-state index contributed by atoms with van der Waals surface area (Å²) >= 11 is 0. The van der Waals surface area contributed by atoms with Crippen LogP contribution in [0.4, 0.5) is 0 Å². The number of aromatic nitrogens is 1. The van der Waals surface area contributed by atoms with E-state index in [2.05, 4.69) is 17.2 Å². The molecule has 1 heterocycles. The molecule has 1 aromatic heterocycles. The number of carbonyl (C=O) groups excluding carboxylic acids is 1. The third-order valence-corrected chi connectivity index (χ3v) is 3.36. The summed E-state index contributed by atoms with van der Waals surface area (Å²) in [4.78, 5) is 16.4. The summed E-state index contributed by atoms with van der Waals surface area (Å²) in [6, 6.07) is 9.90. The van der Waals surface area contributed by atoms with Gasteiger partial charge in [-0.15, -0.1) is 0 Å². The zero-order valence-electron chi connectivity index (χ0n) is 12.8. The summed E-state index contributed by atoms with van der Waals surface area (Å²) in [5, 5.41) is 3.96. The van der Waals surface area contributed by atoms with Crippen LogP contribution in [0.25, 0.3) is 10.9 Å². The molecule has 0 bridgehead atoms. The summed E-state index contributed by atoms with van der Waals surface area (Å²) in [5.41, 5.74) is 0.915. The number of hydrogen-bond donors (Lipinski definition) is 1. The number of para-hydroxylation sites is 1. The van der Waals surface area contributed by atoms with E-state index in [1.165, 1.54) is 0 Å². The van der Waals surface area contributed by atoms with Crippen LogP contribution in [0, 0.1) is 0 Å². The van der Waals surface area contributed by atoms with E-state index in [1.54, 1.807) is 13.1 Å². The Balaban J connectivity index is 2.00. The molecule has 4 nitrogen and oxygen atoms in total. The van der Waals surface area contributed by atoms with Gasteiger partial charge < -0.3 is 10.1 Å². The molecule has 0 saturated carbocycles. The van der Waals surface area contributed by atoms with Crippen molar-refractivity contribution >= 4 is 16.8 Å². The average molecular weight is 286 g/mol. The minimum absolute atomic E-state index is 0.0934. The van der Waals surface area contributed by atoms with Gasteiger partial charge in [0, 0.05) is 11.4 Å². The Hall–Kier alpha value is -2.10. The van der Waals surface area contributed by atoms with Crippen LogP contribution < -0.4 is 10.1 Å². The number of carbonyl (C=O) groups is 1. The second kappa shape index (κ2) is 7.07. The van der Waals surface area contributed by atoms with E-state index >= 15 is 0 Å². The number of benzene rings is 1. The van der Waals surface area contributed by atoms with Gasteiger partial charge in [0.25, 0.3) is 5.91 Å². The van der Waals surface area contributed by atoms with Crippen molar-refractivity contribution in [1.29, 1.82) is 0 Å². The topological polar surface area (TPSA) is 51.2 Å². The van der Waals surface area contributed by atoms with Gasteiger partial charge in [0.05, 0.1) is 11.7 Å². The largest absolute Gasteiger partial charge is 0.479 e. The van der Waals surface area contributed by atoms with Crippen molar-refractivity contribution in [1.82, 2.24) is 10.3 Å². The molecule has 2 rings (SSSR count). The molecule has 0 aliphatic carbocycles. The van der Waals surface area contributed by atoms with E-state index < -0.39 is 6.10 Å². The fourth-order valence-electron chi connectivity index (χ4n) is 2.24.